The van der Waals surface area contributed by atoms with E-state index in [1.807, 2.05) is 12.1 Å². The van der Waals surface area contributed by atoms with Gasteiger partial charge >= 0.3 is 0 Å². The van der Waals surface area contributed by atoms with Crippen LogP contribution in [0.1, 0.15) is 50.1 Å². The van der Waals surface area contributed by atoms with E-state index >= 15 is 0 Å². The van der Waals surface area contributed by atoms with Crippen molar-refractivity contribution < 1.29 is 13.8 Å². The monoisotopic (exact) mass is 562 g/mol. The summed E-state index contributed by atoms with van der Waals surface area (Å²) in [6, 6.07) is 6.71. The summed E-state index contributed by atoms with van der Waals surface area (Å²) < 4.78 is 14.6. The summed E-state index contributed by atoms with van der Waals surface area (Å²) in [5.41, 5.74) is 2.29. The average molecular weight is 563 g/mol. The number of thiazole rings is 1. The first kappa shape index (κ1) is 26.3. The number of likely N-dealkylation sites (N-methyl/N-ethyl adjacent to an activating group) is 1. The highest BCUT2D eigenvalue weighted by Gasteiger charge is 2.34. The number of fused-ring (bicyclic) bond motifs is 2. The highest BCUT2D eigenvalue weighted by molar-refractivity contribution is 7.82. The predicted molar refractivity (Wildman–Crippen MR) is 147 cm³/mol. The highest BCUT2D eigenvalue weighted by atomic mass is 35.5. The molecule has 0 bridgehead atoms. The summed E-state index contributed by atoms with van der Waals surface area (Å²) in [5, 5.41) is 8.24. The molecule has 4 N–H and O–H groups in total. The molecule has 5 rings (SSSR count). The molecule has 3 aromatic rings. The van der Waals surface area contributed by atoms with Crippen LogP contribution in [0.15, 0.2) is 24.3 Å². The molecule has 2 aromatic heterocycles. The number of carbonyl (C=O) groups is 2. The van der Waals surface area contributed by atoms with Crippen LogP contribution < -0.4 is 15.4 Å². The van der Waals surface area contributed by atoms with Crippen molar-refractivity contribution in [3.8, 4) is 0 Å². The Morgan fingerprint density at radius 1 is 1.22 bits per heavy atom. The van der Waals surface area contributed by atoms with Crippen LogP contribution in [-0.2, 0) is 24.0 Å². The van der Waals surface area contributed by atoms with E-state index in [2.05, 4.69) is 37.3 Å². The van der Waals surface area contributed by atoms with E-state index in [1.165, 1.54) is 11.3 Å². The van der Waals surface area contributed by atoms with Gasteiger partial charge in [0.25, 0.3) is 11.8 Å². The third-order valence-electron chi connectivity index (χ3n) is 7.11. The fourth-order valence-corrected chi connectivity index (χ4v) is 6.88. The second-order valence-corrected chi connectivity index (χ2v) is 12.6. The second kappa shape index (κ2) is 11.2. The average Bonchev–Trinajstić information content (AvgIpc) is 3.47. The lowest BCUT2D eigenvalue weighted by Crippen LogP contribution is -2.55. The van der Waals surface area contributed by atoms with Crippen LogP contribution in [0.4, 0.5) is 0 Å². The third-order valence-corrected chi connectivity index (χ3v) is 9.00. The van der Waals surface area contributed by atoms with Crippen LogP contribution in [0.5, 0.6) is 0 Å². The SMILES string of the molecule is CN1CCc2nc(C(=O)N[C@@H]3C[C@@H](CNS(C)=O)CC[C@@H]3NC(=O)c3cc4cc(Cl)ccc4[nH]3)sc2C1. The number of carbonyl (C=O) groups excluding carboxylic acids is 2. The predicted octanol–water partition coefficient (Wildman–Crippen LogP) is 2.85. The lowest BCUT2D eigenvalue weighted by Gasteiger charge is -2.36. The number of aromatic amines is 1. The highest BCUT2D eigenvalue weighted by Crippen LogP contribution is 2.28. The number of amides is 2. The molecule has 1 aliphatic heterocycles. The molecule has 0 radical (unpaired) electrons. The molecule has 2 amide bonds. The minimum atomic E-state index is -1.10. The number of benzene rings is 1. The normalized spacial score (nSPS) is 22.9. The van der Waals surface area contributed by atoms with Crippen LogP contribution in [0.25, 0.3) is 10.9 Å². The van der Waals surface area contributed by atoms with E-state index in [9.17, 15) is 13.8 Å². The van der Waals surface area contributed by atoms with Gasteiger partial charge in [-0.2, -0.15) is 0 Å². The fraction of sp³-hybridized carbons (Fsp3) is 0.480. The van der Waals surface area contributed by atoms with Gasteiger partial charge in [0.2, 0.25) is 0 Å². The Balaban J connectivity index is 1.31. The molecule has 1 saturated carbocycles. The van der Waals surface area contributed by atoms with Crippen LogP contribution >= 0.6 is 22.9 Å². The first-order chi connectivity index (χ1) is 17.7. The quantitative estimate of drug-likeness (QED) is 0.353. The third kappa shape index (κ3) is 6.23. The summed E-state index contributed by atoms with van der Waals surface area (Å²) in [6.45, 7) is 2.33. The molecule has 4 atom stereocenters. The lowest BCUT2D eigenvalue weighted by molar-refractivity contribution is 0.0843. The topological polar surface area (TPSA) is 119 Å². The van der Waals surface area contributed by atoms with E-state index in [0.717, 1.165) is 47.4 Å². The summed E-state index contributed by atoms with van der Waals surface area (Å²) in [5.74, 6) is -0.203. The van der Waals surface area contributed by atoms with Gasteiger partial charge in [-0.15, -0.1) is 11.3 Å². The molecule has 1 fully saturated rings. The van der Waals surface area contributed by atoms with Crippen molar-refractivity contribution in [3.63, 3.8) is 0 Å². The number of nitrogens with one attached hydrogen (secondary N) is 4. The van der Waals surface area contributed by atoms with Crippen LogP contribution in [0.2, 0.25) is 5.02 Å². The Hall–Kier alpha value is -2.31. The maximum Gasteiger partial charge on any atom is 0.280 e. The number of hydrogen-bond donors (Lipinski definition) is 4. The number of rotatable bonds is 7. The Labute approximate surface area is 227 Å². The molecule has 2 aliphatic rings. The van der Waals surface area contributed by atoms with Crippen molar-refractivity contribution in [2.24, 2.45) is 5.92 Å². The van der Waals surface area contributed by atoms with Gasteiger partial charge in [-0.05, 0) is 56.5 Å². The Bertz CT molecular complexity index is 1340. The molecule has 1 aliphatic carbocycles. The van der Waals surface area contributed by atoms with Gasteiger partial charge in [-0.25, -0.2) is 13.9 Å². The summed E-state index contributed by atoms with van der Waals surface area (Å²) >= 11 is 7.54. The first-order valence-electron chi connectivity index (χ1n) is 12.4. The molecule has 12 heteroatoms. The molecular weight excluding hydrogens is 532 g/mol. The van der Waals surface area contributed by atoms with Gasteiger partial charge in [-0.1, -0.05) is 11.6 Å². The molecular formula is C25H31ClN6O3S2. The zero-order chi connectivity index (χ0) is 26.1. The molecule has 1 unspecified atom stereocenters. The van der Waals surface area contributed by atoms with E-state index in [4.69, 9.17) is 11.6 Å². The summed E-state index contributed by atoms with van der Waals surface area (Å²) in [6.07, 6.45) is 4.67. The number of aromatic nitrogens is 2. The van der Waals surface area contributed by atoms with Crippen molar-refractivity contribution in [1.29, 1.82) is 0 Å². The summed E-state index contributed by atoms with van der Waals surface area (Å²) in [4.78, 5) is 37.6. The van der Waals surface area contributed by atoms with Crippen LogP contribution in [-0.4, -0.2) is 69.4 Å². The summed E-state index contributed by atoms with van der Waals surface area (Å²) in [7, 11) is 0.963. The molecule has 198 valence electrons. The minimum absolute atomic E-state index is 0.209. The Morgan fingerprint density at radius 3 is 2.84 bits per heavy atom. The zero-order valence-corrected chi connectivity index (χ0v) is 23.2. The van der Waals surface area contributed by atoms with Crippen molar-refractivity contribution in [2.45, 2.75) is 44.3 Å². The van der Waals surface area contributed by atoms with Crippen molar-refractivity contribution >= 4 is 56.6 Å². The molecule has 37 heavy (non-hydrogen) atoms. The maximum atomic E-state index is 13.3. The second-order valence-electron chi connectivity index (χ2n) is 9.93. The number of halogens is 1. The molecule has 1 aromatic carbocycles. The fourth-order valence-electron chi connectivity index (χ4n) is 5.13. The van der Waals surface area contributed by atoms with Crippen LogP contribution in [0.3, 0.4) is 0 Å². The van der Waals surface area contributed by atoms with Gasteiger partial charge in [0, 0.05) is 65.2 Å². The minimum Gasteiger partial charge on any atom is -0.351 e. The molecule has 9 nitrogen and oxygen atoms in total. The number of H-pyrrole nitrogens is 1. The smallest absolute Gasteiger partial charge is 0.280 e. The standard InChI is InChI=1S/C25H31ClN6O3S2/c1-32-8-7-19-22(13-32)36-25(31-19)24(34)30-20-9-14(12-27-37(2)35)3-5-18(20)29-23(33)21-11-15-10-16(26)4-6-17(15)28-21/h4,6,10-11,14,18,20,27-28H,3,5,7-9,12-13H2,1-2H3,(H,29,33)(H,30,34)/t14-,18-,20+,37?/m0/s1. The largest absolute Gasteiger partial charge is 0.351 e. The van der Waals surface area contributed by atoms with Gasteiger partial charge in [0.1, 0.15) is 5.69 Å². The molecule has 0 spiro atoms. The van der Waals surface area contributed by atoms with E-state index in [1.54, 1.807) is 18.4 Å². The van der Waals surface area contributed by atoms with Gasteiger partial charge in [-0.3, -0.25) is 9.59 Å². The van der Waals surface area contributed by atoms with E-state index < -0.39 is 11.0 Å². The van der Waals surface area contributed by atoms with Crippen molar-refractivity contribution in [3.05, 3.63) is 50.6 Å². The van der Waals surface area contributed by atoms with Gasteiger partial charge < -0.3 is 20.5 Å². The van der Waals surface area contributed by atoms with E-state index in [0.29, 0.717) is 35.1 Å². The van der Waals surface area contributed by atoms with Crippen LogP contribution in [0, 0.1) is 5.92 Å². The van der Waals surface area contributed by atoms with Gasteiger partial charge in [0.05, 0.1) is 16.7 Å². The number of nitrogens with zero attached hydrogens (tertiary/aromatic N) is 2. The maximum absolute atomic E-state index is 13.3. The van der Waals surface area contributed by atoms with Crippen molar-refractivity contribution in [1.82, 2.24) is 30.2 Å². The Kier molecular flexibility index (Phi) is 7.96. The molecule has 3 heterocycles. The zero-order valence-electron chi connectivity index (χ0n) is 20.8. The van der Waals surface area contributed by atoms with E-state index in [-0.39, 0.29) is 29.8 Å². The Morgan fingerprint density at radius 2 is 2.03 bits per heavy atom. The first-order valence-corrected chi connectivity index (χ1v) is 15.1. The molecule has 0 saturated heterocycles. The lowest BCUT2D eigenvalue weighted by atomic mass is 9.82. The number of hydrogen-bond acceptors (Lipinski definition) is 6. The van der Waals surface area contributed by atoms with Crippen molar-refractivity contribution in [2.75, 3.05) is 26.4 Å². The van der Waals surface area contributed by atoms with Gasteiger partial charge in [0.15, 0.2) is 5.01 Å².